The molecular weight excluding hydrogens is 382 g/mol. The van der Waals surface area contributed by atoms with Gasteiger partial charge in [-0.15, -0.1) is 0 Å². The number of aliphatic hydroxyl groups is 1. The summed E-state index contributed by atoms with van der Waals surface area (Å²) in [6, 6.07) is 12.6. The smallest absolute Gasteiger partial charge is 0.264 e. The fourth-order valence-electron chi connectivity index (χ4n) is 3.27. The van der Waals surface area contributed by atoms with Gasteiger partial charge in [0.2, 0.25) is 0 Å². The van der Waals surface area contributed by atoms with Crippen molar-refractivity contribution in [2.75, 3.05) is 11.4 Å². The van der Waals surface area contributed by atoms with E-state index in [1.807, 2.05) is 32.0 Å². The molecule has 2 aromatic rings. The lowest BCUT2D eigenvalue weighted by Crippen LogP contribution is -2.41. The highest BCUT2D eigenvalue weighted by molar-refractivity contribution is 9.10. The van der Waals surface area contributed by atoms with Crippen LogP contribution < -0.4 is 4.90 Å². The minimum atomic E-state index is -1.82. The molecule has 0 spiro atoms. The number of carbonyl (C=O) groups excluding carboxylic acids is 2. The Hall–Kier alpha value is -1.98. The second kappa shape index (κ2) is 6.73. The molecule has 1 N–H and O–H groups in total. The van der Waals surface area contributed by atoms with E-state index in [-0.39, 0.29) is 12.2 Å². The summed E-state index contributed by atoms with van der Waals surface area (Å²) in [7, 11) is 0. The van der Waals surface area contributed by atoms with Crippen LogP contribution in [0.25, 0.3) is 0 Å². The van der Waals surface area contributed by atoms with Crippen LogP contribution in [-0.2, 0) is 16.8 Å². The molecule has 0 saturated heterocycles. The number of aryl methyl sites for hydroxylation is 1. The summed E-state index contributed by atoms with van der Waals surface area (Å²) in [6.07, 6.45) is 0.626. The Morgan fingerprint density at radius 1 is 1.16 bits per heavy atom. The number of carbonyl (C=O) groups is 2. The molecule has 5 heteroatoms. The predicted molar refractivity (Wildman–Crippen MR) is 101 cm³/mol. The summed E-state index contributed by atoms with van der Waals surface area (Å²) < 4.78 is 0.759. The zero-order chi connectivity index (χ0) is 18.2. The van der Waals surface area contributed by atoms with E-state index in [0.29, 0.717) is 23.4 Å². The van der Waals surface area contributed by atoms with E-state index < -0.39 is 11.5 Å². The van der Waals surface area contributed by atoms with Crippen molar-refractivity contribution in [2.24, 2.45) is 0 Å². The Kier molecular flexibility index (Phi) is 4.80. The number of amides is 1. The van der Waals surface area contributed by atoms with E-state index >= 15 is 0 Å². The molecule has 4 nitrogen and oxygen atoms in total. The third-order valence-corrected chi connectivity index (χ3v) is 5.20. The largest absolute Gasteiger partial charge is 0.375 e. The third-order valence-electron chi connectivity index (χ3n) is 4.71. The molecule has 1 amide bonds. The fraction of sp³-hybridized carbons (Fsp3) is 0.300. The van der Waals surface area contributed by atoms with E-state index in [1.165, 1.54) is 4.90 Å². The molecule has 1 aliphatic heterocycles. The van der Waals surface area contributed by atoms with E-state index in [0.717, 1.165) is 16.5 Å². The van der Waals surface area contributed by atoms with Gasteiger partial charge in [-0.25, -0.2) is 0 Å². The lowest BCUT2D eigenvalue weighted by atomic mass is 9.88. The van der Waals surface area contributed by atoms with Gasteiger partial charge in [0.15, 0.2) is 11.4 Å². The molecule has 3 rings (SSSR count). The molecule has 1 atom stereocenters. The minimum Gasteiger partial charge on any atom is -0.375 e. The van der Waals surface area contributed by atoms with Gasteiger partial charge in [-0.1, -0.05) is 47.1 Å². The van der Waals surface area contributed by atoms with Crippen LogP contribution in [0, 0.1) is 0 Å². The third kappa shape index (κ3) is 3.02. The molecule has 130 valence electrons. The summed E-state index contributed by atoms with van der Waals surface area (Å²) in [6.45, 7) is 4.33. The van der Waals surface area contributed by atoms with Crippen LogP contribution in [0.1, 0.15) is 41.8 Å². The normalized spacial score (nSPS) is 19.2. The number of likely N-dealkylation sites (N-methyl/N-ethyl adjacent to an activating group) is 1. The number of Topliss-reactive ketones (excluding diaryl/α,β-unsaturated/α-hetero) is 1. The molecule has 1 heterocycles. The van der Waals surface area contributed by atoms with Crippen LogP contribution in [0.4, 0.5) is 5.69 Å². The lowest BCUT2D eigenvalue weighted by Gasteiger charge is -2.22. The summed E-state index contributed by atoms with van der Waals surface area (Å²) >= 11 is 3.38. The maximum atomic E-state index is 12.8. The second-order valence-electron chi connectivity index (χ2n) is 6.22. The van der Waals surface area contributed by atoms with Crippen molar-refractivity contribution in [3.05, 3.63) is 63.6 Å². The molecule has 0 aromatic heterocycles. The molecular formula is C20H20BrNO3. The van der Waals surface area contributed by atoms with Gasteiger partial charge in [-0.05, 0) is 37.1 Å². The van der Waals surface area contributed by atoms with E-state index in [9.17, 15) is 14.7 Å². The number of rotatable bonds is 5. The van der Waals surface area contributed by atoms with Crippen LogP contribution >= 0.6 is 15.9 Å². The topological polar surface area (TPSA) is 57.6 Å². The van der Waals surface area contributed by atoms with E-state index in [2.05, 4.69) is 15.9 Å². The highest BCUT2D eigenvalue weighted by Crippen LogP contribution is 2.43. The number of fused-ring (bicyclic) bond motifs is 1. The van der Waals surface area contributed by atoms with Crippen LogP contribution in [0.2, 0.25) is 0 Å². The average Bonchev–Trinajstić information content (AvgIpc) is 2.82. The van der Waals surface area contributed by atoms with Crippen molar-refractivity contribution in [1.82, 2.24) is 0 Å². The van der Waals surface area contributed by atoms with Crippen LogP contribution in [0.15, 0.2) is 46.9 Å². The van der Waals surface area contributed by atoms with Gasteiger partial charge >= 0.3 is 0 Å². The van der Waals surface area contributed by atoms with Crippen LogP contribution in [0.5, 0.6) is 0 Å². The SMILES string of the molecule is CCc1ccc(C(=O)C[C@]2(O)C(=O)N(CC)c3ccc(Br)cc32)cc1. The van der Waals surface area contributed by atoms with Crippen LogP contribution in [-0.4, -0.2) is 23.3 Å². The van der Waals surface area contributed by atoms with Crippen molar-refractivity contribution in [1.29, 1.82) is 0 Å². The highest BCUT2D eigenvalue weighted by atomic mass is 79.9. The Balaban J connectivity index is 1.96. The minimum absolute atomic E-state index is 0.248. The number of anilines is 1. The highest BCUT2D eigenvalue weighted by Gasteiger charge is 2.50. The van der Waals surface area contributed by atoms with Gasteiger partial charge in [-0.3, -0.25) is 9.59 Å². The first kappa shape index (κ1) is 17.8. The van der Waals surface area contributed by atoms with Gasteiger partial charge in [-0.2, -0.15) is 0 Å². The quantitative estimate of drug-likeness (QED) is 0.774. The average molecular weight is 402 g/mol. The van der Waals surface area contributed by atoms with Gasteiger partial charge in [0.1, 0.15) is 0 Å². The molecule has 1 aliphatic rings. The molecule has 0 aliphatic carbocycles. The lowest BCUT2D eigenvalue weighted by molar-refractivity contribution is -0.135. The number of hydrogen-bond acceptors (Lipinski definition) is 3. The monoisotopic (exact) mass is 401 g/mol. The number of benzene rings is 2. The summed E-state index contributed by atoms with van der Waals surface area (Å²) in [5.74, 6) is -0.691. The van der Waals surface area contributed by atoms with Crippen molar-refractivity contribution in [2.45, 2.75) is 32.3 Å². The van der Waals surface area contributed by atoms with Gasteiger partial charge in [0.25, 0.3) is 5.91 Å². The zero-order valence-corrected chi connectivity index (χ0v) is 15.8. The number of hydrogen-bond donors (Lipinski definition) is 1. The molecule has 25 heavy (non-hydrogen) atoms. The first-order chi connectivity index (χ1) is 11.9. The van der Waals surface area contributed by atoms with Gasteiger partial charge in [0.05, 0.1) is 12.1 Å². The first-order valence-electron chi connectivity index (χ1n) is 8.37. The second-order valence-corrected chi connectivity index (χ2v) is 7.14. The van der Waals surface area contributed by atoms with Crippen molar-refractivity contribution in [3.8, 4) is 0 Å². The maximum absolute atomic E-state index is 12.8. The fourth-order valence-corrected chi connectivity index (χ4v) is 3.63. The Labute approximate surface area is 155 Å². The van der Waals surface area contributed by atoms with Crippen molar-refractivity contribution in [3.63, 3.8) is 0 Å². The molecule has 0 saturated carbocycles. The van der Waals surface area contributed by atoms with Gasteiger partial charge in [0, 0.05) is 22.1 Å². The Morgan fingerprint density at radius 2 is 1.84 bits per heavy atom. The zero-order valence-electron chi connectivity index (χ0n) is 14.3. The summed E-state index contributed by atoms with van der Waals surface area (Å²) in [5, 5.41) is 11.1. The van der Waals surface area contributed by atoms with Crippen LogP contribution in [0.3, 0.4) is 0 Å². The van der Waals surface area contributed by atoms with E-state index in [1.54, 1.807) is 24.3 Å². The molecule has 0 bridgehead atoms. The first-order valence-corrected chi connectivity index (χ1v) is 9.16. The Bertz CT molecular complexity index is 831. The molecule has 2 aromatic carbocycles. The maximum Gasteiger partial charge on any atom is 0.264 e. The number of ketones is 1. The van der Waals surface area contributed by atoms with Gasteiger partial charge < -0.3 is 10.0 Å². The standard InChI is InChI=1S/C20H20BrNO3/c1-3-13-5-7-14(8-6-13)18(23)12-20(25)16-11-15(21)9-10-17(16)22(4-2)19(20)24/h5-11,25H,3-4,12H2,1-2H3/t20-/m1/s1. The summed E-state index contributed by atoms with van der Waals surface area (Å²) in [4.78, 5) is 27.0. The number of nitrogens with zero attached hydrogens (tertiary/aromatic N) is 1. The van der Waals surface area contributed by atoms with Crippen molar-refractivity contribution >= 4 is 33.3 Å². The Morgan fingerprint density at radius 3 is 2.44 bits per heavy atom. The molecule has 0 unspecified atom stereocenters. The number of halogens is 1. The van der Waals surface area contributed by atoms with E-state index in [4.69, 9.17) is 0 Å². The molecule has 0 fully saturated rings. The molecule has 0 radical (unpaired) electrons. The van der Waals surface area contributed by atoms with Crippen molar-refractivity contribution < 1.29 is 14.7 Å². The summed E-state index contributed by atoms with van der Waals surface area (Å²) in [5.41, 5.74) is 0.957. The predicted octanol–water partition coefficient (Wildman–Crippen LogP) is 3.84.